The van der Waals surface area contributed by atoms with E-state index in [-0.39, 0.29) is 46.2 Å². The summed E-state index contributed by atoms with van der Waals surface area (Å²) in [6, 6.07) is 47.1. The van der Waals surface area contributed by atoms with E-state index in [1.807, 2.05) is 152 Å². The van der Waals surface area contributed by atoms with E-state index < -0.39 is 73.2 Å². The molecule has 0 saturated carbocycles. The number of nitrogens with two attached hydrogens (primary N) is 1. The van der Waals surface area contributed by atoms with Gasteiger partial charge in [-0.3, -0.25) is 4.79 Å². The van der Waals surface area contributed by atoms with Crippen LogP contribution in [0.1, 0.15) is 27.8 Å². The number of rotatable bonds is 22. The van der Waals surface area contributed by atoms with Crippen LogP contribution < -0.4 is 5.73 Å². The molecule has 2 aliphatic rings. The second-order valence-electron chi connectivity index (χ2n) is 15.8. The van der Waals surface area contributed by atoms with E-state index in [1.54, 1.807) is 0 Å². The van der Waals surface area contributed by atoms with Crippen molar-refractivity contribution < 1.29 is 57.3 Å². The van der Waals surface area contributed by atoms with E-state index in [1.165, 1.54) is 14.2 Å². The number of esters is 1. The van der Waals surface area contributed by atoms with Gasteiger partial charge in [-0.25, -0.2) is 0 Å². The molecule has 3 N–H and O–H groups in total. The van der Waals surface area contributed by atoms with Crippen LogP contribution in [0.3, 0.4) is 0 Å². The largest absolute Gasteiger partial charge is 0.468 e. The molecule has 7 rings (SSSR count). The van der Waals surface area contributed by atoms with Gasteiger partial charge in [-0.2, -0.15) is 0 Å². The van der Waals surface area contributed by atoms with Crippen molar-refractivity contribution in [3.8, 4) is 0 Å². The summed E-state index contributed by atoms with van der Waals surface area (Å²) in [6.45, 7) is 1.07. The van der Waals surface area contributed by atoms with Crippen molar-refractivity contribution in [2.24, 2.45) is 11.7 Å². The first-order valence-electron chi connectivity index (χ1n) is 21.6. The Morgan fingerprint density at radius 3 is 1.36 bits per heavy atom. The van der Waals surface area contributed by atoms with Gasteiger partial charge in [-0.15, -0.1) is 0 Å². The Bertz CT molecular complexity index is 2070. The number of aliphatic hydroxyl groups is 1. The number of hydrogen-bond acceptors (Lipinski definition) is 13. The van der Waals surface area contributed by atoms with Crippen LogP contribution in [-0.2, 0) is 85.2 Å². The second kappa shape index (κ2) is 24.4. The van der Waals surface area contributed by atoms with Gasteiger partial charge in [0.25, 0.3) is 0 Å². The van der Waals surface area contributed by atoms with Gasteiger partial charge in [0, 0.05) is 7.11 Å². The molecule has 0 bridgehead atoms. The van der Waals surface area contributed by atoms with Gasteiger partial charge in [0.1, 0.15) is 42.7 Å². The van der Waals surface area contributed by atoms with Crippen molar-refractivity contribution in [1.82, 2.24) is 0 Å². The van der Waals surface area contributed by atoms with Crippen LogP contribution >= 0.6 is 0 Å². The van der Waals surface area contributed by atoms with Crippen LogP contribution in [0.2, 0.25) is 0 Å². The van der Waals surface area contributed by atoms with Crippen molar-refractivity contribution in [1.29, 1.82) is 0 Å². The van der Waals surface area contributed by atoms with E-state index >= 15 is 0 Å². The molecule has 5 aromatic rings. The Hall–Kier alpha value is -4.87. The predicted molar refractivity (Wildman–Crippen MR) is 236 cm³/mol. The van der Waals surface area contributed by atoms with Crippen molar-refractivity contribution in [2.75, 3.05) is 27.4 Å². The Morgan fingerprint density at radius 1 is 0.531 bits per heavy atom. The van der Waals surface area contributed by atoms with Crippen molar-refractivity contribution >= 4 is 5.97 Å². The first kappa shape index (κ1) is 47.1. The number of carbonyl (C=O) groups is 1. The zero-order valence-electron chi connectivity index (χ0n) is 36.2. The van der Waals surface area contributed by atoms with Crippen LogP contribution in [0.25, 0.3) is 0 Å². The summed E-state index contributed by atoms with van der Waals surface area (Å²) in [6.07, 6.45) is -9.39. The van der Waals surface area contributed by atoms with E-state index in [2.05, 4.69) is 0 Å². The van der Waals surface area contributed by atoms with E-state index in [0.717, 1.165) is 27.8 Å². The Kier molecular flexibility index (Phi) is 18.0. The fourth-order valence-electron chi connectivity index (χ4n) is 8.00. The monoisotopic (exact) mass is 877 g/mol. The first-order chi connectivity index (χ1) is 31.4. The molecular weight excluding hydrogens is 819 g/mol. The van der Waals surface area contributed by atoms with Gasteiger partial charge >= 0.3 is 5.97 Å². The summed E-state index contributed by atoms with van der Waals surface area (Å²) in [5, 5.41) is 12.3. The fourth-order valence-corrected chi connectivity index (χ4v) is 8.00. The average molecular weight is 878 g/mol. The quantitative estimate of drug-likeness (QED) is 0.0767. The van der Waals surface area contributed by atoms with Crippen LogP contribution in [0.4, 0.5) is 0 Å². The molecule has 2 saturated heterocycles. The molecular formula is C51H59NO12. The lowest BCUT2D eigenvalue weighted by Crippen LogP contribution is -2.67. The van der Waals surface area contributed by atoms with Crippen molar-refractivity contribution in [3.05, 3.63) is 179 Å². The minimum absolute atomic E-state index is 0.00796. The standard InChI is InChI=1S/C51H59NO12/c1-55-49(54)43(52)42-46(60-31-38-24-14-6-15-25-38)45(59-30-37-22-12-5-13-23-37)41(34-58-29-36-20-10-4-11-21-36)63-50(42)64-47-44(53)40(33-57-28-35-18-8-3-9-19-35)62-51(56-2)48(47)61-32-39-26-16-7-17-27-39/h3-27,40-48,50-51,53H,28-34,52H2,1-2H3/t40-,41-,42-,43-,44+,45-,46-,47+,48-,50+,51-/m1/s1. The Balaban J connectivity index is 1.24. The van der Waals surface area contributed by atoms with Crippen LogP contribution in [0.5, 0.6) is 0 Å². The van der Waals surface area contributed by atoms with Gasteiger partial charge in [-0.1, -0.05) is 152 Å². The maximum absolute atomic E-state index is 13.6. The molecule has 0 unspecified atom stereocenters. The normalized spacial score (nSPS) is 26.2. The minimum atomic E-state index is -1.34. The minimum Gasteiger partial charge on any atom is -0.468 e. The van der Waals surface area contributed by atoms with Crippen LogP contribution in [-0.4, -0.2) is 99.9 Å². The van der Waals surface area contributed by atoms with E-state index in [4.69, 9.17) is 53.1 Å². The molecule has 0 spiro atoms. The molecule has 13 heteroatoms. The first-order valence-corrected chi connectivity index (χ1v) is 21.6. The van der Waals surface area contributed by atoms with Gasteiger partial charge in [0.05, 0.1) is 65.4 Å². The topological polar surface area (TPSA) is 156 Å². The maximum Gasteiger partial charge on any atom is 0.323 e. The average Bonchev–Trinajstić information content (AvgIpc) is 3.34. The van der Waals surface area contributed by atoms with Crippen molar-refractivity contribution in [3.63, 3.8) is 0 Å². The third-order valence-electron chi connectivity index (χ3n) is 11.4. The molecule has 64 heavy (non-hydrogen) atoms. The number of hydrogen-bond donors (Lipinski definition) is 2. The molecule has 13 nitrogen and oxygen atoms in total. The molecule has 0 radical (unpaired) electrons. The summed E-state index contributed by atoms with van der Waals surface area (Å²) >= 11 is 0. The molecule has 2 heterocycles. The molecule has 340 valence electrons. The van der Waals surface area contributed by atoms with Crippen molar-refractivity contribution in [2.45, 2.75) is 94.4 Å². The molecule has 2 aliphatic heterocycles. The zero-order valence-corrected chi connectivity index (χ0v) is 36.2. The van der Waals surface area contributed by atoms with E-state index in [0.29, 0.717) is 0 Å². The number of carbonyl (C=O) groups excluding carboxylic acids is 1. The second-order valence-corrected chi connectivity index (χ2v) is 15.8. The molecule has 2 fully saturated rings. The summed E-state index contributed by atoms with van der Waals surface area (Å²) in [5.41, 5.74) is 11.5. The summed E-state index contributed by atoms with van der Waals surface area (Å²) in [4.78, 5) is 13.6. The SMILES string of the molecule is COC(=O)[C@H](N)[C@H]1[C@H](O[C@H]2[C@@H](O)[C@@H](COCc3ccccc3)O[C@@H](OC)[C@@H]2OCc2ccccc2)O[C@H](COCc2ccccc2)[C@@H](OCc2ccccc2)[C@@H]1OCc1ccccc1. The molecule has 0 aliphatic carbocycles. The highest BCUT2D eigenvalue weighted by atomic mass is 16.7. The molecule has 5 aromatic carbocycles. The third-order valence-corrected chi connectivity index (χ3v) is 11.4. The fraction of sp³-hybridized carbons (Fsp3) is 0.392. The Labute approximate surface area is 375 Å². The molecule has 0 aromatic heterocycles. The predicted octanol–water partition coefficient (Wildman–Crippen LogP) is 6.14. The van der Waals surface area contributed by atoms with Crippen LogP contribution in [0.15, 0.2) is 152 Å². The summed E-state index contributed by atoms with van der Waals surface area (Å²) in [7, 11) is 2.76. The number of benzene rings is 5. The highest BCUT2D eigenvalue weighted by Gasteiger charge is 2.56. The molecule has 0 amide bonds. The smallest absolute Gasteiger partial charge is 0.323 e. The van der Waals surface area contributed by atoms with Gasteiger partial charge in [0.2, 0.25) is 0 Å². The highest BCUT2D eigenvalue weighted by molar-refractivity contribution is 5.76. The third kappa shape index (κ3) is 12.9. The number of methoxy groups -OCH3 is 2. The maximum atomic E-state index is 13.6. The Morgan fingerprint density at radius 2 is 0.922 bits per heavy atom. The van der Waals surface area contributed by atoms with E-state index in [9.17, 15) is 9.90 Å². The number of ether oxygens (including phenoxy) is 10. The lowest BCUT2D eigenvalue weighted by molar-refractivity contribution is -0.364. The zero-order chi connectivity index (χ0) is 44.5. The van der Waals surface area contributed by atoms with Gasteiger partial charge in [0.15, 0.2) is 12.6 Å². The lowest BCUT2D eigenvalue weighted by atomic mass is 9.84. The lowest BCUT2D eigenvalue weighted by Gasteiger charge is -2.50. The van der Waals surface area contributed by atoms with Gasteiger partial charge in [-0.05, 0) is 27.8 Å². The number of aliphatic hydroxyl groups excluding tert-OH is 1. The summed E-state index contributed by atoms with van der Waals surface area (Å²) < 4.78 is 64.0. The molecule has 11 atom stereocenters. The highest BCUT2D eigenvalue weighted by Crippen LogP contribution is 2.38. The van der Waals surface area contributed by atoms with Gasteiger partial charge < -0.3 is 58.2 Å². The summed E-state index contributed by atoms with van der Waals surface area (Å²) in [5.74, 6) is -1.77. The van der Waals surface area contributed by atoms with Crippen LogP contribution in [0, 0.1) is 5.92 Å².